The predicted octanol–water partition coefficient (Wildman–Crippen LogP) is 0.853. The predicted molar refractivity (Wildman–Crippen MR) is 106 cm³/mol. The molecular weight excluding hydrogens is 388 g/mol. The second-order valence-corrected chi connectivity index (χ2v) is 7.62. The van der Waals surface area contributed by atoms with Crippen molar-refractivity contribution in [3.05, 3.63) is 46.8 Å². The Balaban J connectivity index is 1.50. The van der Waals surface area contributed by atoms with E-state index in [9.17, 15) is 19.5 Å². The first-order valence-corrected chi connectivity index (χ1v) is 9.96. The molecule has 1 aromatic heterocycles. The number of aromatic carboxylic acids is 1. The molecule has 2 aliphatic rings. The molecule has 158 valence electrons. The zero-order valence-corrected chi connectivity index (χ0v) is 16.8. The van der Waals surface area contributed by atoms with Gasteiger partial charge in [-0.05, 0) is 24.1 Å². The van der Waals surface area contributed by atoms with Crippen molar-refractivity contribution < 1.29 is 24.2 Å². The van der Waals surface area contributed by atoms with E-state index in [1.54, 1.807) is 16.7 Å². The van der Waals surface area contributed by atoms with Crippen LogP contribution in [0.5, 0.6) is 5.75 Å². The Morgan fingerprint density at radius 1 is 1.30 bits per heavy atom. The van der Waals surface area contributed by atoms with Crippen molar-refractivity contribution in [1.29, 1.82) is 0 Å². The summed E-state index contributed by atoms with van der Waals surface area (Å²) in [5.74, 6) is -0.920. The SMILES string of the molecule is COc1ccc(CCn2nc(C(=O)O)c3c2CCN(C(=O)[C@@H]2CNC(=O)C2)C3)cc1. The highest BCUT2D eigenvalue weighted by Gasteiger charge is 2.35. The number of aryl methyl sites for hydroxylation is 2. The zero-order valence-electron chi connectivity index (χ0n) is 16.8. The van der Waals surface area contributed by atoms with E-state index in [1.165, 1.54) is 0 Å². The number of benzene rings is 1. The lowest BCUT2D eigenvalue weighted by molar-refractivity contribution is -0.136. The van der Waals surface area contributed by atoms with Gasteiger partial charge < -0.3 is 20.1 Å². The number of nitrogens with one attached hydrogen (secondary N) is 1. The van der Waals surface area contributed by atoms with Crippen LogP contribution in [0.25, 0.3) is 0 Å². The van der Waals surface area contributed by atoms with Crippen LogP contribution in [0.3, 0.4) is 0 Å². The number of ether oxygens (including phenoxy) is 1. The molecule has 9 nitrogen and oxygen atoms in total. The summed E-state index contributed by atoms with van der Waals surface area (Å²) in [6.07, 6.45) is 1.43. The Morgan fingerprint density at radius 3 is 2.70 bits per heavy atom. The molecule has 0 saturated carbocycles. The van der Waals surface area contributed by atoms with Crippen LogP contribution in [-0.2, 0) is 35.5 Å². The summed E-state index contributed by atoms with van der Waals surface area (Å²) in [5, 5.41) is 16.6. The van der Waals surface area contributed by atoms with E-state index in [0.717, 1.165) is 17.0 Å². The van der Waals surface area contributed by atoms with E-state index in [-0.39, 0.29) is 36.4 Å². The van der Waals surface area contributed by atoms with Gasteiger partial charge in [0.25, 0.3) is 0 Å². The number of nitrogens with zero attached hydrogens (tertiary/aromatic N) is 3. The highest BCUT2D eigenvalue weighted by molar-refractivity contribution is 5.90. The third kappa shape index (κ3) is 3.87. The van der Waals surface area contributed by atoms with Crippen LogP contribution < -0.4 is 10.1 Å². The minimum absolute atomic E-state index is 0.00199. The van der Waals surface area contributed by atoms with Crippen molar-refractivity contribution in [2.75, 3.05) is 20.2 Å². The van der Waals surface area contributed by atoms with Crippen molar-refractivity contribution in [3.8, 4) is 5.75 Å². The molecule has 2 N–H and O–H groups in total. The molecule has 2 aromatic rings. The minimum Gasteiger partial charge on any atom is -0.497 e. The zero-order chi connectivity index (χ0) is 21.3. The molecule has 0 radical (unpaired) electrons. The van der Waals surface area contributed by atoms with Crippen LogP contribution in [0.1, 0.15) is 33.7 Å². The Morgan fingerprint density at radius 2 is 2.07 bits per heavy atom. The summed E-state index contributed by atoms with van der Waals surface area (Å²) < 4.78 is 6.93. The number of methoxy groups -OCH3 is 1. The van der Waals surface area contributed by atoms with E-state index in [4.69, 9.17) is 4.74 Å². The molecule has 0 aliphatic carbocycles. The molecular formula is C21H24N4O5. The summed E-state index contributed by atoms with van der Waals surface area (Å²) in [4.78, 5) is 37.6. The quantitative estimate of drug-likeness (QED) is 0.727. The van der Waals surface area contributed by atoms with E-state index in [1.807, 2.05) is 24.3 Å². The second-order valence-electron chi connectivity index (χ2n) is 7.62. The van der Waals surface area contributed by atoms with Crippen molar-refractivity contribution in [3.63, 3.8) is 0 Å². The molecule has 0 unspecified atom stereocenters. The molecule has 2 aliphatic heterocycles. The fourth-order valence-corrected chi connectivity index (χ4v) is 4.10. The third-order valence-electron chi connectivity index (χ3n) is 5.75. The largest absolute Gasteiger partial charge is 0.497 e. The topological polar surface area (TPSA) is 114 Å². The second kappa shape index (κ2) is 8.17. The maximum absolute atomic E-state index is 12.8. The molecule has 0 spiro atoms. The Bertz CT molecular complexity index is 982. The van der Waals surface area contributed by atoms with Crippen molar-refractivity contribution in [1.82, 2.24) is 20.0 Å². The van der Waals surface area contributed by atoms with Crippen molar-refractivity contribution in [2.45, 2.75) is 32.4 Å². The molecule has 4 rings (SSSR count). The summed E-state index contributed by atoms with van der Waals surface area (Å²) in [7, 11) is 1.62. The van der Waals surface area contributed by atoms with Crippen molar-refractivity contribution >= 4 is 17.8 Å². The van der Waals surface area contributed by atoms with Gasteiger partial charge in [-0.3, -0.25) is 14.3 Å². The number of rotatable bonds is 6. The lowest BCUT2D eigenvalue weighted by Crippen LogP contribution is -2.41. The standard InChI is InChI=1S/C21H24N4O5/c1-30-15-4-2-13(3-5-15)6-9-25-17-7-8-24(12-16(17)19(23-25)21(28)29)20(27)14-10-18(26)22-11-14/h2-5,14H,6-12H2,1H3,(H,22,26)(H,28,29)/t14-/m0/s1. The summed E-state index contributed by atoms with van der Waals surface area (Å²) in [6.45, 7) is 1.59. The highest BCUT2D eigenvalue weighted by Crippen LogP contribution is 2.26. The molecule has 1 atom stereocenters. The normalized spacial score (nSPS) is 18.1. The number of hydrogen-bond donors (Lipinski definition) is 2. The molecule has 3 heterocycles. The fourth-order valence-electron chi connectivity index (χ4n) is 4.10. The molecule has 2 amide bonds. The Hall–Kier alpha value is -3.36. The van der Waals surface area contributed by atoms with E-state index < -0.39 is 5.97 Å². The van der Waals surface area contributed by atoms with Gasteiger partial charge in [0.2, 0.25) is 11.8 Å². The number of aromatic nitrogens is 2. The number of carbonyl (C=O) groups is 3. The number of fused-ring (bicyclic) bond motifs is 1. The third-order valence-corrected chi connectivity index (χ3v) is 5.75. The number of carbonyl (C=O) groups excluding carboxylic acids is 2. The summed E-state index contributed by atoms with van der Waals surface area (Å²) in [5.41, 5.74) is 2.56. The van der Waals surface area contributed by atoms with Crippen LogP contribution in [-0.4, -0.2) is 57.8 Å². The summed E-state index contributed by atoms with van der Waals surface area (Å²) >= 11 is 0. The van der Waals surface area contributed by atoms with E-state index in [2.05, 4.69) is 10.4 Å². The highest BCUT2D eigenvalue weighted by atomic mass is 16.5. The van der Waals surface area contributed by atoms with Crippen LogP contribution in [0.4, 0.5) is 0 Å². The molecule has 1 fully saturated rings. The first-order valence-electron chi connectivity index (χ1n) is 9.96. The Labute approximate surface area is 173 Å². The van der Waals surface area contributed by atoms with Crippen LogP contribution in [0.2, 0.25) is 0 Å². The van der Waals surface area contributed by atoms with Crippen molar-refractivity contribution in [2.24, 2.45) is 5.92 Å². The number of carboxylic acids is 1. The number of amides is 2. The lowest BCUT2D eigenvalue weighted by atomic mass is 10.0. The minimum atomic E-state index is -1.10. The Kier molecular flexibility index (Phi) is 5.43. The van der Waals surface area contributed by atoms with Gasteiger partial charge in [-0.1, -0.05) is 12.1 Å². The first-order chi connectivity index (χ1) is 14.5. The first kappa shape index (κ1) is 19.9. The number of hydrogen-bond acceptors (Lipinski definition) is 5. The molecule has 9 heteroatoms. The fraction of sp³-hybridized carbons (Fsp3) is 0.429. The van der Waals surface area contributed by atoms with Gasteiger partial charge in [0.05, 0.1) is 13.0 Å². The van der Waals surface area contributed by atoms with Crippen LogP contribution >= 0.6 is 0 Å². The van der Waals surface area contributed by atoms with Gasteiger partial charge in [0.15, 0.2) is 5.69 Å². The molecule has 30 heavy (non-hydrogen) atoms. The monoisotopic (exact) mass is 412 g/mol. The van der Waals surface area contributed by atoms with Gasteiger partial charge in [-0.2, -0.15) is 5.10 Å². The summed E-state index contributed by atoms with van der Waals surface area (Å²) in [6, 6.07) is 7.74. The smallest absolute Gasteiger partial charge is 0.356 e. The van der Waals surface area contributed by atoms with Crippen LogP contribution in [0.15, 0.2) is 24.3 Å². The maximum atomic E-state index is 12.8. The van der Waals surface area contributed by atoms with Gasteiger partial charge in [0, 0.05) is 50.3 Å². The van der Waals surface area contributed by atoms with Gasteiger partial charge >= 0.3 is 5.97 Å². The molecule has 1 aromatic carbocycles. The van der Waals surface area contributed by atoms with E-state index >= 15 is 0 Å². The van der Waals surface area contributed by atoms with Gasteiger partial charge in [0.1, 0.15) is 5.75 Å². The number of carboxylic acid groups (broad SMARTS) is 1. The molecule has 0 bridgehead atoms. The van der Waals surface area contributed by atoms with Crippen LogP contribution in [0, 0.1) is 5.92 Å². The molecule has 1 saturated heterocycles. The lowest BCUT2D eigenvalue weighted by Gasteiger charge is -2.29. The maximum Gasteiger partial charge on any atom is 0.356 e. The average Bonchev–Trinajstić information content (AvgIpc) is 3.35. The van der Waals surface area contributed by atoms with E-state index in [0.29, 0.717) is 38.0 Å². The van der Waals surface area contributed by atoms with Gasteiger partial charge in [-0.15, -0.1) is 0 Å². The van der Waals surface area contributed by atoms with Gasteiger partial charge in [-0.25, -0.2) is 4.79 Å². The average molecular weight is 412 g/mol.